The van der Waals surface area contributed by atoms with Crippen molar-refractivity contribution in [1.29, 1.82) is 0 Å². The molecule has 0 radical (unpaired) electrons. The molecule has 0 bridgehead atoms. The monoisotopic (exact) mass is 360 g/mol. The molecule has 0 unspecified atom stereocenters. The lowest BCUT2D eigenvalue weighted by atomic mass is 10.0. The van der Waals surface area contributed by atoms with Gasteiger partial charge in [0.1, 0.15) is 5.82 Å². The number of rotatable bonds is 4. The van der Waals surface area contributed by atoms with Crippen LogP contribution in [0.2, 0.25) is 0 Å². The zero-order valence-electron chi connectivity index (χ0n) is 14.2. The average molecular weight is 360 g/mol. The number of hydrogen-bond donors (Lipinski definition) is 1. The Morgan fingerprint density at radius 2 is 1.76 bits per heavy atom. The summed E-state index contributed by atoms with van der Waals surface area (Å²) in [6.45, 7) is 3.85. The van der Waals surface area contributed by atoms with Gasteiger partial charge in [0.05, 0.1) is 11.2 Å². The molecule has 0 aliphatic carbocycles. The first-order chi connectivity index (χ1) is 11.8. The maximum atomic E-state index is 14.0. The summed E-state index contributed by atoms with van der Waals surface area (Å²) < 4.78 is 51.8. The van der Waals surface area contributed by atoms with Gasteiger partial charge in [-0.25, -0.2) is 4.39 Å². The summed E-state index contributed by atoms with van der Waals surface area (Å²) in [4.78, 5) is 4.18. The highest BCUT2D eigenvalue weighted by Gasteiger charge is 2.38. The molecule has 1 aromatic rings. The third-order valence-corrected chi connectivity index (χ3v) is 5.15. The van der Waals surface area contributed by atoms with E-state index in [1.54, 1.807) is 0 Å². The second-order valence-electron chi connectivity index (χ2n) is 7.33. The minimum Gasteiger partial charge on any atom is -0.387 e. The van der Waals surface area contributed by atoms with Gasteiger partial charge in [-0.3, -0.25) is 4.90 Å². The molecular formula is C18H24F4N2O. The number of benzene rings is 1. The van der Waals surface area contributed by atoms with E-state index in [2.05, 4.69) is 4.90 Å². The van der Waals surface area contributed by atoms with Crippen molar-refractivity contribution < 1.29 is 22.7 Å². The molecule has 2 saturated heterocycles. The fourth-order valence-corrected chi connectivity index (χ4v) is 3.83. The van der Waals surface area contributed by atoms with Crippen molar-refractivity contribution in [2.24, 2.45) is 0 Å². The van der Waals surface area contributed by atoms with Gasteiger partial charge in [-0.15, -0.1) is 0 Å². The molecule has 0 saturated carbocycles. The fourth-order valence-electron chi connectivity index (χ4n) is 3.83. The van der Waals surface area contributed by atoms with Crippen LogP contribution in [0.1, 0.15) is 36.8 Å². The number of aliphatic hydroxyl groups is 1. The van der Waals surface area contributed by atoms with Crippen LogP contribution in [0.5, 0.6) is 0 Å². The molecule has 0 spiro atoms. The smallest absolute Gasteiger partial charge is 0.387 e. The first kappa shape index (κ1) is 18.6. The molecule has 2 aliphatic rings. The maximum absolute atomic E-state index is 14.0. The van der Waals surface area contributed by atoms with Crippen molar-refractivity contribution in [3.8, 4) is 0 Å². The Morgan fingerprint density at radius 3 is 2.40 bits per heavy atom. The first-order valence-electron chi connectivity index (χ1n) is 8.78. The summed E-state index contributed by atoms with van der Waals surface area (Å²) in [6.07, 6.45) is -0.408. The molecule has 2 heterocycles. The second-order valence-corrected chi connectivity index (χ2v) is 7.33. The quantitative estimate of drug-likeness (QED) is 0.835. The molecule has 3 rings (SSSR count). The summed E-state index contributed by atoms with van der Waals surface area (Å²) in [6, 6.07) is 2.65. The van der Waals surface area contributed by atoms with Gasteiger partial charge in [0.15, 0.2) is 0 Å². The molecule has 25 heavy (non-hydrogen) atoms. The largest absolute Gasteiger partial charge is 0.416 e. The number of piperidine rings is 1. The van der Waals surface area contributed by atoms with Gasteiger partial charge in [0.25, 0.3) is 0 Å². The van der Waals surface area contributed by atoms with Crippen LogP contribution in [-0.2, 0) is 12.7 Å². The van der Waals surface area contributed by atoms with E-state index in [9.17, 15) is 22.7 Å². The van der Waals surface area contributed by atoms with E-state index in [4.69, 9.17) is 0 Å². The minimum absolute atomic E-state index is 0.215. The van der Waals surface area contributed by atoms with E-state index in [1.165, 1.54) is 12.5 Å². The molecule has 1 N–H and O–H groups in total. The van der Waals surface area contributed by atoms with Gasteiger partial charge < -0.3 is 10.0 Å². The van der Waals surface area contributed by atoms with Crippen molar-refractivity contribution in [2.45, 2.75) is 44.0 Å². The number of halogens is 4. The summed E-state index contributed by atoms with van der Waals surface area (Å²) in [5, 5.41) is 10.8. The van der Waals surface area contributed by atoms with Crippen LogP contribution in [0.15, 0.2) is 18.2 Å². The highest BCUT2D eigenvalue weighted by atomic mass is 19.4. The van der Waals surface area contributed by atoms with Gasteiger partial charge >= 0.3 is 6.18 Å². The van der Waals surface area contributed by atoms with Crippen LogP contribution in [0.25, 0.3) is 0 Å². The summed E-state index contributed by atoms with van der Waals surface area (Å²) >= 11 is 0. The molecule has 3 nitrogen and oxygen atoms in total. The van der Waals surface area contributed by atoms with Gasteiger partial charge in [-0.05, 0) is 44.5 Å². The van der Waals surface area contributed by atoms with Crippen LogP contribution >= 0.6 is 0 Å². The van der Waals surface area contributed by atoms with Gasteiger partial charge in [-0.1, -0.05) is 12.5 Å². The van der Waals surface area contributed by atoms with Crippen molar-refractivity contribution in [2.75, 3.05) is 32.7 Å². The topological polar surface area (TPSA) is 26.7 Å². The lowest BCUT2D eigenvalue weighted by Crippen LogP contribution is -2.46. The van der Waals surface area contributed by atoms with E-state index in [0.29, 0.717) is 32.1 Å². The lowest BCUT2D eigenvalue weighted by Gasteiger charge is -2.33. The van der Waals surface area contributed by atoms with Crippen LogP contribution < -0.4 is 0 Å². The molecule has 1 atom stereocenters. The van der Waals surface area contributed by atoms with Crippen molar-refractivity contribution in [1.82, 2.24) is 9.80 Å². The molecule has 0 aromatic heterocycles. The normalized spacial score (nSPS) is 26.3. The summed E-state index contributed by atoms with van der Waals surface area (Å²) in [5.41, 5.74) is -1.56. The molecular weight excluding hydrogens is 336 g/mol. The number of nitrogens with zero attached hydrogens (tertiary/aromatic N) is 2. The Kier molecular flexibility index (Phi) is 5.37. The van der Waals surface area contributed by atoms with Crippen LogP contribution in [-0.4, -0.2) is 53.2 Å². The van der Waals surface area contributed by atoms with E-state index in [0.717, 1.165) is 32.0 Å². The third kappa shape index (κ3) is 4.71. The standard InChI is InChI=1S/C18H24F4N2O/c19-16-10-15(18(20,21)22)5-4-14(16)11-24-9-6-17(25,13-24)12-23-7-2-1-3-8-23/h4-5,10,25H,1-3,6-9,11-13H2/t17-/m1/s1. The predicted molar refractivity (Wildman–Crippen MR) is 86.5 cm³/mol. The average Bonchev–Trinajstić information content (AvgIpc) is 2.90. The van der Waals surface area contributed by atoms with Gasteiger partial charge in [0, 0.05) is 31.7 Å². The molecule has 7 heteroatoms. The van der Waals surface area contributed by atoms with Crippen molar-refractivity contribution in [3.63, 3.8) is 0 Å². The fraction of sp³-hybridized carbons (Fsp3) is 0.667. The van der Waals surface area contributed by atoms with E-state index < -0.39 is 23.2 Å². The lowest BCUT2D eigenvalue weighted by molar-refractivity contribution is -0.137. The first-order valence-corrected chi connectivity index (χ1v) is 8.78. The van der Waals surface area contributed by atoms with Crippen LogP contribution in [0, 0.1) is 5.82 Å². The van der Waals surface area contributed by atoms with Crippen LogP contribution in [0.4, 0.5) is 17.6 Å². The molecule has 2 aliphatic heterocycles. The molecule has 2 fully saturated rings. The summed E-state index contributed by atoms with van der Waals surface area (Å²) in [7, 11) is 0. The number of β-amino-alcohol motifs (C(OH)–C–C–N with tert-alkyl or cyclic N) is 1. The third-order valence-electron chi connectivity index (χ3n) is 5.15. The van der Waals surface area contributed by atoms with Crippen molar-refractivity contribution in [3.05, 3.63) is 35.1 Å². The predicted octanol–water partition coefficient (Wildman–Crippen LogP) is 3.27. The Labute approximate surface area is 145 Å². The molecule has 0 amide bonds. The van der Waals surface area contributed by atoms with E-state index in [-0.39, 0.29) is 12.1 Å². The zero-order chi connectivity index (χ0) is 18.1. The highest BCUT2D eigenvalue weighted by Crippen LogP contribution is 2.31. The maximum Gasteiger partial charge on any atom is 0.416 e. The van der Waals surface area contributed by atoms with Crippen LogP contribution in [0.3, 0.4) is 0 Å². The Bertz CT molecular complexity index is 601. The highest BCUT2D eigenvalue weighted by molar-refractivity contribution is 5.26. The Hall–Kier alpha value is -1.18. The SMILES string of the molecule is O[C@@]1(CN2CCCCC2)CCN(Cc2ccc(C(F)(F)F)cc2F)C1. The van der Waals surface area contributed by atoms with Gasteiger partial charge in [0.2, 0.25) is 0 Å². The van der Waals surface area contributed by atoms with Gasteiger partial charge in [-0.2, -0.15) is 13.2 Å². The van der Waals surface area contributed by atoms with E-state index in [1.807, 2.05) is 4.90 Å². The van der Waals surface area contributed by atoms with E-state index >= 15 is 0 Å². The zero-order valence-corrected chi connectivity index (χ0v) is 14.2. The molecule has 1 aromatic carbocycles. The Morgan fingerprint density at radius 1 is 1.04 bits per heavy atom. The van der Waals surface area contributed by atoms with Crippen molar-refractivity contribution >= 4 is 0 Å². The molecule has 140 valence electrons. The second kappa shape index (κ2) is 7.21. The number of likely N-dealkylation sites (tertiary alicyclic amines) is 2. The number of hydrogen-bond acceptors (Lipinski definition) is 3. The Balaban J connectivity index is 1.59. The number of alkyl halides is 3. The minimum atomic E-state index is -4.54. The summed E-state index contributed by atoms with van der Waals surface area (Å²) in [5.74, 6) is -0.846.